The zero-order chi connectivity index (χ0) is 22.9. The molecule has 8 nitrogen and oxygen atoms in total. The Labute approximate surface area is 200 Å². The van der Waals surface area contributed by atoms with Crippen molar-refractivity contribution >= 4 is 39.1 Å². The number of quaternary nitrogens is 1. The van der Waals surface area contributed by atoms with Gasteiger partial charge in [-0.1, -0.05) is 30.0 Å². The molecule has 0 aliphatic carbocycles. The first-order valence-corrected chi connectivity index (χ1v) is 13.1. The van der Waals surface area contributed by atoms with Crippen LogP contribution < -0.4 is 10.5 Å². The molecule has 0 amide bonds. The zero-order valence-corrected chi connectivity index (χ0v) is 20.7. The fourth-order valence-electron chi connectivity index (χ4n) is 4.33. The summed E-state index contributed by atoms with van der Waals surface area (Å²) in [6.45, 7) is 7.03. The van der Waals surface area contributed by atoms with Gasteiger partial charge in [0, 0.05) is 19.6 Å². The number of para-hydroxylation sites is 1. The van der Waals surface area contributed by atoms with Gasteiger partial charge in [0.15, 0.2) is 11.4 Å². The van der Waals surface area contributed by atoms with Gasteiger partial charge in [-0.2, -0.15) is 0 Å². The van der Waals surface area contributed by atoms with Crippen molar-refractivity contribution in [1.29, 1.82) is 0 Å². The van der Waals surface area contributed by atoms with Gasteiger partial charge in [-0.15, -0.1) is 21.5 Å². The third-order valence-electron chi connectivity index (χ3n) is 5.84. The van der Waals surface area contributed by atoms with Crippen LogP contribution in [0, 0.1) is 0 Å². The normalized spacial score (nSPS) is 16.2. The number of hydrogen-bond acceptors (Lipinski definition) is 7. The minimum atomic E-state index is -0.318. The van der Waals surface area contributed by atoms with E-state index < -0.39 is 0 Å². The average Bonchev–Trinajstić information content (AvgIpc) is 3.40. The lowest BCUT2D eigenvalue weighted by atomic mass is 10.1. The van der Waals surface area contributed by atoms with E-state index in [0.29, 0.717) is 24.7 Å². The second-order valence-corrected chi connectivity index (χ2v) is 10.1. The van der Waals surface area contributed by atoms with E-state index in [4.69, 9.17) is 9.47 Å². The number of rotatable bonds is 8. The quantitative estimate of drug-likeness (QED) is 0.304. The molecule has 0 radical (unpaired) electrons. The predicted octanol–water partition coefficient (Wildman–Crippen LogP) is 2.16. The molecule has 1 unspecified atom stereocenters. The van der Waals surface area contributed by atoms with E-state index in [2.05, 4.69) is 17.2 Å². The summed E-state index contributed by atoms with van der Waals surface area (Å²) in [5, 5.41) is 10.5. The third-order valence-corrected chi connectivity index (χ3v) is 8.02. The standard InChI is InChI=1S/C23H27N5O3S2/c1-4-30-18(31-5-2)14-32-23-25-24-22-27(15-9-7-6-8-10-15)20(29)19-16-11-12-26(3)13-17(16)33-21(19)28(22)23/h6-10,18H,4-5,11-14H2,1-3H3/p+1. The Morgan fingerprint density at radius 1 is 1.18 bits per heavy atom. The summed E-state index contributed by atoms with van der Waals surface area (Å²) in [5.41, 5.74) is 1.95. The van der Waals surface area contributed by atoms with Crippen molar-refractivity contribution in [2.24, 2.45) is 0 Å². The van der Waals surface area contributed by atoms with Crippen molar-refractivity contribution in [3.05, 3.63) is 51.1 Å². The maximum absolute atomic E-state index is 13.8. The lowest BCUT2D eigenvalue weighted by Crippen LogP contribution is -3.08. The number of nitrogens with zero attached hydrogens (tertiary/aromatic N) is 4. The minimum absolute atomic E-state index is 0.0220. The SMILES string of the molecule is CCOC(CSc1nnc2n(-c3ccccc3)c(=O)c3c4c(sc3n12)C[NH+](C)CC4)OCC. The first kappa shape index (κ1) is 22.5. The minimum Gasteiger partial charge on any atom is -0.352 e. The van der Waals surface area contributed by atoms with Crippen LogP contribution in [0.25, 0.3) is 21.7 Å². The molecule has 4 aromatic rings. The van der Waals surface area contributed by atoms with Crippen LogP contribution in [0.4, 0.5) is 0 Å². The summed E-state index contributed by atoms with van der Waals surface area (Å²) in [7, 11) is 2.20. The van der Waals surface area contributed by atoms with Gasteiger partial charge in [0.1, 0.15) is 11.4 Å². The van der Waals surface area contributed by atoms with Gasteiger partial charge in [-0.05, 0) is 31.5 Å². The molecule has 174 valence electrons. The monoisotopic (exact) mass is 486 g/mol. The topological polar surface area (TPSA) is 75.1 Å². The Balaban J connectivity index is 1.71. The number of hydrogen-bond donors (Lipinski definition) is 1. The maximum Gasteiger partial charge on any atom is 0.268 e. The largest absolute Gasteiger partial charge is 0.352 e. The van der Waals surface area contributed by atoms with Gasteiger partial charge in [0.05, 0.1) is 35.3 Å². The van der Waals surface area contributed by atoms with E-state index in [1.165, 1.54) is 15.3 Å². The molecule has 0 fully saturated rings. The van der Waals surface area contributed by atoms with Crippen molar-refractivity contribution in [3.8, 4) is 5.69 Å². The third kappa shape index (κ3) is 4.10. The molecule has 1 N–H and O–H groups in total. The van der Waals surface area contributed by atoms with Crippen LogP contribution in [-0.4, -0.2) is 58.0 Å². The van der Waals surface area contributed by atoms with Crippen molar-refractivity contribution in [1.82, 2.24) is 19.2 Å². The highest BCUT2D eigenvalue weighted by Gasteiger charge is 2.28. The van der Waals surface area contributed by atoms with Gasteiger partial charge < -0.3 is 14.4 Å². The lowest BCUT2D eigenvalue weighted by Gasteiger charge is -2.19. The molecular formula is C23H28N5O3S2+. The molecule has 5 rings (SSSR count). The van der Waals surface area contributed by atoms with E-state index >= 15 is 0 Å². The summed E-state index contributed by atoms with van der Waals surface area (Å²) in [6, 6.07) is 9.69. The van der Waals surface area contributed by atoms with E-state index in [-0.39, 0.29) is 11.8 Å². The first-order chi connectivity index (χ1) is 16.1. The van der Waals surface area contributed by atoms with Crippen molar-refractivity contribution in [2.45, 2.75) is 38.3 Å². The van der Waals surface area contributed by atoms with E-state index in [0.717, 1.165) is 40.6 Å². The molecule has 0 saturated carbocycles. The molecular weight excluding hydrogens is 458 g/mol. The number of ether oxygens (including phenoxy) is 2. The summed E-state index contributed by atoms with van der Waals surface area (Å²) >= 11 is 3.24. The van der Waals surface area contributed by atoms with E-state index in [9.17, 15) is 4.79 Å². The van der Waals surface area contributed by atoms with E-state index in [1.807, 2.05) is 48.6 Å². The number of thioether (sulfide) groups is 1. The number of likely N-dealkylation sites (N-methyl/N-ethyl adjacent to an activating group) is 1. The molecule has 3 aromatic heterocycles. The van der Waals surface area contributed by atoms with Gasteiger partial charge >= 0.3 is 0 Å². The van der Waals surface area contributed by atoms with Crippen LogP contribution in [0.2, 0.25) is 0 Å². The van der Waals surface area contributed by atoms with E-state index in [1.54, 1.807) is 27.7 Å². The summed E-state index contributed by atoms with van der Waals surface area (Å²) in [6.07, 6.45) is 0.583. The highest BCUT2D eigenvalue weighted by atomic mass is 32.2. The second kappa shape index (κ2) is 9.55. The fourth-order valence-corrected chi connectivity index (χ4v) is 6.72. The lowest BCUT2D eigenvalue weighted by molar-refractivity contribution is -0.895. The van der Waals surface area contributed by atoms with Crippen molar-refractivity contribution < 1.29 is 14.4 Å². The highest BCUT2D eigenvalue weighted by molar-refractivity contribution is 7.99. The Kier molecular flexibility index (Phi) is 6.53. The predicted molar refractivity (Wildman–Crippen MR) is 131 cm³/mol. The molecule has 4 heterocycles. The molecule has 1 aliphatic rings. The fraction of sp³-hybridized carbons (Fsp3) is 0.435. The molecule has 0 bridgehead atoms. The maximum atomic E-state index is 13.8. The van der Waals surface area contributed by atoms with Crippen molar-refractivity contribution in [3.63, 3.8) is 0 Å². The number of thiophene rings is 1. The molecule has 1 aliphatic heterocycles. The Bertz CT molecular complexity index is 1330. The van der Waals surface area contributed by atoms with Crippen LogP contribution >= 0.6 is 23.1 Å². The number of aromatic nitrogens is 4. The number of benzene rings is 1. The molecule has 33 heavy (non-hydrogen) atoms. The summed E-state index contributed by atoms with van der Waals surface area (Å²) in [5.74, 6) is 1.12. The van der Waals surface area contributed by atoms with Crippen LogP contribution in [-0.2, 0) is 22.4 Å². The van der Waals surface area contributed by atoms with Crippen LogP contribution in [0.3, 0.4) is 0 Å². The van der Waals surface area contributed by atoms with Gasteiger partial charge in [0.25, 0.3) is 5.56 Å². The summed E-state index contributed by atoms with van der Waals surface area (Å²) < 4.78 is 15.2. The van der Waals surface area contributed by atoms with Gasteiger partial charge in [-0.25, -0.2) is 8.97 Å². The summed E-state index contributed by atoms with van der Waals surface area (Å²) in [4.78, 5) is 17.5. The highest BCUT2D eigenvalue weighted by Crippen LogP contribution is 2.33. The zero-order valence-electron chi connectivity index (χ0n) is 19.0. The second-order valence-electron chi connectivity index (χ2n) is 8.06. The smallest absolute Gasteiger partial charge is 0.268 e. The number of fused-ring (bicyclic) bond motifs is 5. The van der Waals surface area contributed by atoms with Gasteiger partial charge in [-0.3, -0.25) is 4.79 Å². The molecule has 1 aromatic carbocycles. The average molecular weight is 487 g/mol. The van der Waals surface area contributed by atoms with Crippen LogP contribution in [0.5, 0.6) is 0 Å². The first-order valence-electron chi connectivity index (χ1n) is 11.3. The number of nitrogens with one attached hydrogen (secondary N) is 1. The Hall–Kier alpha value is -2.24. The van der Waals surface area contributed by atoms with Gasteiger partial charge in [0.2, 0.25) is 5.78 Å². The van der Waals surface area contributed by atoms with Crippen LogP contribution in [0.15, 0.2) is 40.3 Å². The molecule has 1 atom stereocenters. The molecule has 0 saturated heterocycles. The molecule has 0 spiro atoms. The Morgan fingerprint density at radius 2 is 1.94 bits per heavy atom. The van der Waals surface area contributed by atoms with Crippen LogP contribution in [0.1, 0.15) is 24.3 Å². The molecule has 10 heteroatoms. The Morgan fingerprint density at radius 3 is 2.67 bits per heavy atom. The van der Waals surface area contributed by atoms with Crippen molar-refractivity contribution in [2.75, 3.05) is 32.6 Å².